The summed E-state index contributed by atoms with van der Waals surface area (Å²) in [5.74, 6) is -2.04. The average molecular weight is 455 g/mol. The van der Waals surface area contributed by atoms with Crippen LogP contribution in [0.3, 0.4) is 0 Å². The van der Waals surface area contributed by atoms with Crippen LogP contribution in [0, 0.1) is 6.92 Å². The number of halogens is 6. The van der Waals surface area contributed by atoms with Gasteiger partial charge in [-0.2, -0.15) is 18.3 Å². The van der Waals surface area contributed by atoms with E-state index in [1.807, 2.05) is 0 Å². The zero-order valence-corrected chi connectivity index (χ0v) is 15.2. The largest absolute Gasteiger partial charge is 0.435 e. The lowest BCUT2D eigenvalue weighted by Gasteiger charge is -2.13. The van der Waals surface area contributed by atoms with E-state index in [1.54, 1.807) is 0 Å². The zero-order chi connectivity index (χ0) is 20.5. The number of alkyl halides is 5. The quantitative estimate of drug-likeness (QED) is 0.676. The van der Waals surface area contributed by atoms with E-state index in [-0.39, 0.29) is 15.9 Å². The Morgan fingerprint density at radius 2 is 1.93 bits per heavy atom. The predicted molar refractivity (Wildman–Crippen MR) is 88.6 cm³/mol. The molecule has 0 unspecified atom stereocenters. The number of hydrogen-bond acceptors (Lipinski definition) is 3. The third-order valence-electron chi connectivity index (χ3n) is 3.42. The number of rotatable bonds is 5. The molecule has 27 heavy (non-hydrogen) atoms. The Morgan fingerprint density at radius 1 is 1.30 bits per heavy atom. The number of aromatic nitrogens is 2. The van der Waals surface area contributed by atoms with E-state index >= 15 is 0 Å². The fraction of sp³-hybridized carbons (Fsp3) is 0.267. The molecule has 0 spiro atoms. The topological polar surface area (TPSA) is 90.0 Å². The molecule has 0 radical (unpaired) electrons. The molecule has 0 saturated heterocycles. The summed E-state index contributed by atoms with van der Waals surface area (Å²) < 4.78 is 64.5. The van der Waals surface area contributed by atoms with Gasteiger partial charge in [-0.05, 0) is 24.6 Å². The minimum Gasteiger partial charge on any atom is -0.366 e. The van der Waals surface area contributed by atoms with Crippen LogP contribution >= 0.6 is 15.9 Å². The Hall–Kier alpha value is -2.50. The number of benzene rings is 1. The van der Waals surface area contributed by atoms with Crippen LogP contribution in [0.2, 0.25) is 0 Å². The number of nitrogens with two attached hydrogens (primary N) is 1. The maximum atomic E-state index is 12.8. The fourth-order valence-electron chi connectivity index (χ4n) is 2.29. The Labute approximate surface area is 157 Å². The molecule has 1 aromatic carbocycles. The molecule has 2 amide bonds. The highest BCUT2D eigenvalue weighted by Gasteiger charge is 2.36. The SMILES string of the molecule is Cc1cc(Br)cc(C(N)=O)c1NC(=O)c1cc(C(F)(F)F)nn1CC(F)F. The van der Waals surface area contributed by atoms with Gasteiger partial charge in [0.05, 0.1) is 11.3 Å². The molecule has 3 N–H and O–H groups in total. The van der Waals surface area contributed by atoms with E-state index < -0.39 is 42.3 Å². The van der Waals surface area contributed by atoms with Gasteiger partial charge < -0.3 is 11.1 Å². The lowest BCUT2D eigenvalue weighted by atomic mass is 10.1. The first kappa shape index (κ1) is 20.8. The second-order valence-electron chi connectivity index (χ2n) is 5.45. The number of aryl methyl sites for hydroxylation is 1. The Morgan fingerprint density at radius 3 is 2.44 bits per heavy atom. The minimum absolute atomic E-state index is 0.0472. The van der Waals surface area contributed by atoms with Crippen LogP contribution in [0.15, 0.2) is 22.7 Å². The summed E-state index contributed by atoms with van der Waals surface area (Å²) in [6.07, 6.45) is -7.96. The summed E-state index contributed by atoms with van der Waals surface area (Å²) in [6, 6.07) is 3.19. The molecule has 0 aliphatic rings. The van der Waals surface area contributed by atoms with Crippen LogP contribution in [0.5, 0.6) is 0 Å². The molecule has 1 heterocycles. The van der Waals surface area contributed by atoms with Crippen molar-refractivity contribution in [3.05, 3.63) is 45.2 Å². The van der Waals surface area contributed by atoms with Gasteiger partial charge >= 0.3 is 6.18 Å². The molecule has 2 aromatic rings. The number of hydrogen-bond donors (Lipinski definition) is 2. The highest BCUT2D eigenvalue weighted by Crippen LogP contribution is 2.30. The van der Waals surface area contributed by atoms with Gasteiger partial charge in [-0.15, -0.1) is 0 Å². The molecule has 0 aliphatic heterocycles. The molecule has 6 nitrogen and oxygen atoms in total. The number of nitrogens with zero attached hydrogens (tertiary/aromatic N) is 2. The van der Waals surface area contributed by atoms with Crippen LogP contribution in [0.25, 0.3) is 0 Å². The van der Waals surface area contributed by atoms with E-state index in [9.17, 15) is 31.5 Å². The Kier molecular flexibility index (Phi) is 5.88. The smallest absolute Gasteiger partial charge is 0.366 e. The Bertz CT molecular complexity index is 895. The van der Waals surface area contributed by atoms with E-state index in [2.05, 4.69) is 26.3 Å². The van der Waals surface area contributed by atoms with E-state index in [0.717, 1.165) is 0 Å². The summed E-state index contributed by atoms with van der Waals surface area (Å²) in [7, 11) is 0. The van der Waals surface area contributed by atoms with Crippen molar-refractivity contribution in [3.63, 3.8) is 0 Å². The number of anilines is 1. The lowest BCUT2D eigenvalue weighted by molar-refractivity contribution is -0.141. The molecular formula is C15H12BrF5N4O2. The number of nitrogens with one attached hydrogen (secondary N) is 1. The van der Waals surface area contributed by atoms with Crippen molar-refractivity contribution in [2.24, 2.45) is 5.73 Å². The molecular weight excluding hydrogens is 443 g/mol. The summed E-state index contributed by atoms with van der Waals surface area (Å²) in [5, 5.41) is 5.28. The van der Waals surface area contributed by atoms with E-state index in [1.165, 1.54) is 19.1 Å². The van der Waals surface area contributed by atoms with Crippen LogP contribution in [0.4, 0.5) is 27.6 Å². The molecule has 0 saturated carbocycles. The first-order valence-electron chi connectivity index (χ1n) is 7.24. The average Bonchev–Trinajstić information content (AvgIpc) is 2.92. The molecule has 2 rings (SSSR count). The number of carbonyl (C=O) groups is 2. The van der Waals surface area contributed by atoms with E-state index in [0.29, 0.717) is 16.1 Å². The fourth-order valence-corrected chi connectivity index (χ4v) is 2.86. The zero-order valence-electron chi connectivity index (χ0n) is 13.6. The summed E-state index contributed by atoms with van der Waals surface area (Å²) in [6.45, 7) is 0.311. The van der Waals surface area contributed by atoms with Crippen molar-refractivity contribution >= 4 is 33.4 Å². The monoisotopic (exact) mass is 454 g/mol. The second kappa shape index (κ2) is 7.62. The van der Waals surface area contributed by atoms with Crippen LogP contribution in [-0.2, 0) is 12.7 Å². The van der Waals surface area contributed by atoms with Gasteiger partial charge in [0.25, 0.3) is 18.2 Å². The maximum absolute atomic E-state index is 12.8. The Balaban J connectivity index is 2.47. The standard InChI is InChI=1S/C15H12BrF5N4O2/c1-6-2-7(16)3-8(13(22)26)12(6)23-14(27)9-4-10(15(19,20)21)24-25(9)5-11(17)18/h2-4,11H,5H2,1H3,(H2,22,26)(H,23,27). The van der Waals surface area contributed by atoms with Crippen molar-refractivity contribution < 1.29 is 31.5 Å². The van der Waals surface area contributed by atoms with Gasteiger partial charge in [-0.3, -0.25) is 14.3 Å². The van der Waals surface area contributed by atoms with Crippen LogP contribution < -0.4 is 11.1 Å². The van der Waals surface area contributed by atoms with E-state index in [4.69, 9.17) is 5.73 Å². The lowest BCUT2D eigenvalue weighted by Crippen LogP contribution is -2.23. The van der Waals surface area contributed by atoms with Crippen molar-refractivity contribution in [2.75, 3.05) is 5.32 Å². The van der Waals surface area contributed by atoms with Crippen LogP contribution in [0.1, 0.15) is 32.1 Å². The second-order valence-corrected chi connectivity index (χ2v) is 6.37. The minimum atomic E-state index is -4.92. The van der Waals surface area contributed by atoms with Crippen molar-refractivity contribution in [1.29, 1.82) is 0 Å². The highest BCUT2D eigenvalue weighted by atomic mass is 79.9. The molecule has 0 aliphatic carbocycles. The third kappa shape index (κ3) is 4.81. The number of carbonyl (C=O) groups excluding carboxylic acids is 2. The molecule has 146 valence electrons. The van der Waals surface area contributed by atoms with Gasteiger partial charge in [-0.25, -0.2) is 8.78 Å². The van der Waals surface area contributed by atoms with Crippen molar-refractivity contribution in [2.45, 2.75) is 26.1 Å². The number of primary amides is 1. The van der Waals surface area contributed by atoms with Gasteiger partial charge in [0, 0.05) is 10.5 Å². The molecule has 12 heteroatoms. The maximum Gasteiger partial charge on any atom is 0.435 e. The van der Waals surface area contributed by atoms with Gasteiger partial charge in [-0.1, -0.05) is 15.9 Å². The van der Waals surface area contributed by atoms with Gasteiger partial charge in [0.2, 0.25) is 0 Å². The van der Waals surface area contributed by atoms with Crippen molar-refractivity contribution in [3.8, 4) is 0 Å². The molecule has 0 fully saturated rings. The summed E-state index contributed by atoms with van der Waals surface area (Å²) in [5.41, 5.74) is 3.25. The summed E-state index contributed by atoms with van der Waals surface area (Å²) >= 11 is 3.15. The summed E-state index contributed by atoms with van der Waals surface area (Å²) in [4.78, 5) is 24.0. The predicted octanol–water partition coefficient (Wildman–Crippen LogP) is 3.59. The molecule has 1 aromatic heterocycles. The third-order valence-corrected chi connectivity index (χ3v) is 3.88. The van der Waals surface area contributed by atoms with Gasteiger partial charge in [0.1, 0.15) is 12.2 Å². The molecule has 0 atom stereocenters. The van der Waals surface area contributed by atoms with Gasteiger partial charge in [0.15, 0.2) is 5.69 Å². The van der Waals surface area contributed by atoms with Crippen LogP contribution in [-0.4, -0.2) is 28.0 Å². The normalized spacial score (nSPS) is 11.7. The first-order valence-corrected chi connectivity index (χ1v) is 8.04. The molecule has 0 bridgehead atoms. The highest BCUT2D eigenvalue weighted by molar-refractivity contribution is 9.10. The first-order chi connectivity index (χ1) is 12.4. The number of amides is 2. The van der Waals surface area contributed by atoms with Crippen molar-refractivity contribution in [1.82, 2.24) is 9.78 Å².